The summed E-state index contributed by atoms with van der Waals surface area (Å²) in [5.74, 6) is 0. The Balaban J connectivity index is 0.000000532. The average Bonchev–Trinajstić information content (AvgIpc) is 2.69. The van der Waals surface area contributed by atoms with Crippen molar-refractivity contribution in [3.05, 3.63) is 0 Å². The van der Waals surface area contributed by atoms with Crippen LogP contribution in [0.25, 0.3) is 0 Å². The molecule has 0 aromatic rings. The second kappa shape index (κ2) is 7.97. The number of hydrogen-bond acceptors (Lipinski definition) is 7. The van der Waals surface area contributed by atoms with E-state index in [9.17, 15) is 13.7 Å². The summed E-state index contributed by atoms with van der Waals surface area (Å²) in [7, 11) is -14.8. The van der Waals surface area contributed by atoms with Crippen LogP contribution >= 0.6 is 23.5 Å². The van der Waals surface area contributed by atoms with Crippen molar-refractivity contribution >= 4 is 23.5 Å². The molecular weight excluding hydrogens is 329 g/mol. The smallest absolute Gasteiger partial charge is 0.381 e. The maximum Gasteiger partial charge on any atom is 0.490 e. The van der Waals surface area contributed by atoms with E-state index in [4.69, 9.17) is 24.3 Å². The number of hydrogen-bond donors (Lipinski definition) is 4. The largest absolute Gasteiger partial charge is 0.490 e. The molecule has 0 amide bonds. The van der Waals surface area contributed by atoms with Crippen molar-refractivity contribution in [3.8, 4) is 0 Å². The van der Waals surface area contributed by atoms with Crippen LogP contribution in [-0.2, 0) is 31.6 Å². The van der Waals surface area contributed by atoms with Gasteiger partial charge in [-0.05, 0) is 12.8 Å². The fraction of sp³-hybridized carbons (Fsp3) is 1.00. The van der Waals surface area contributed by atoms with Gasteiger partial charge in [-0.25, -0.2) is 13.7 Å². The molecule has 0 aliphatic carbocycles. The summed E-state index contributed by atoms with van der Waals surface area (Å²) in [6.07, 6.45) is 2.56. The molecule has 1 saturated heterocycles. The molecule has 0 aromatic carbocycles. The summed E-state index contributed by atoms with van der Waals surface area (Å²) in [5, 5.41) is 0. The van der Waals surface area contributed by atoms with Gasteiger partial charge < -0.3 is 24.3 Å². The summed E-state index contributed by atoms with van der Waals surface area (Å²) >= 11 is 0. The van der Waals surface area contributed by atoms with E-state index in [2.05, 4.69) is 13.1 Å². The van der Waals surface area contributed by atoms with Crippen LogP contribution in [0.2, 0.25) is 0 Å². The van der Waals surface area contributed by atoms with Crippen LogP contribution in [0.4, 0.5) is 0 Å². The second-order valence-corrected chi connectivity index (χ2v) is 7.62. The summed E-state index contributed by atoms with van der Waals surface area (Å²) in [5.41, 5.74) is 0. The predicted octanol–water partition coefficient (Wildman–Crippen LogP) is 0.756. The first-order chi connectivity index (χ1) is 8.47. The Hall–Kier alpha value is 0.370. The van der Waals surface area contributed by atoms with Crippen molar-refractivity contribution in [2.24, 2.45) is 0 Å². The van der Waals surface area contributed by atoms with Crippen LogP contribution in [-0.4, -0.2) is 39.9 Å². The van der Waals surface area contributed by atoms with Gasteiger partial charge in [-0.1, -0.05) is 0 Å². The zero-order chi connectivity index (χ0) is 15.2. The minimum absolute atomic E-state index is 0.679. The summed E-state index contributed by atoms with van der Waals surface area (Å²) in [6, 6.07) is 0. The minimum Gasteiger partial charge on any atom is -0.381 e. The molecule has 1 aliphatic rings. The molecule has 1 heterocycles. The zero-order valence-corrected chi connectivity index (χ0v) is 12.5. The first-order valence-electron chi connectivity index (χ1n) is 4.75. The number of ether oxygens (including phenoxy) is 1. The molecule has 19 heavy (non-hydrogen) atoms. The predicted molar refractivity (Wildman–Crippen MR) is 60.9 cm³/mol. The first-order valence-corrected chi connectivity index (χ1v) is 9.27. The van der Waals surface area contributed by atoms with Gasteiger partial charge in [0.1, 0.15) is 0 Å². The third-order valence-electron chi connectivity index (χ3n) is 1.47. The van der Waals surface area contributed by atoms with Gasteiger partial charge in [0, 0.05) is 20.3 Å². The van der Waals surface area contributed by atoms with E-state index in [0.717, 1.165) is 13.2 Å². The number of rotatable bonds is 5. The highest BCUT2D eigenvalue weighted by Crippen LogP contribution is 2.65. The SMILES string of the molecule is C1CCOC1.COP(=O)(O)OP(=O)(O)OP(=O)(O)O. The standard InChI is InChI=1S/C4H8O.CH7O10P3/c1-2-4-5-3-1;1-9-13(5,6)11-14(7,8)10-12(2,3)4/h1-4H2;1H3,(H,5,6)(H,7,8)(H2,2,3,4). The average molecular weight is 344 g/mol. The highest BCUT2D eigenvalue weighted by molar-refractivity contribution is 7.66. The Morgan fingerprint density at radius 3 is 1.63 bits per heavy atom. The lowest BCUT2D eigenvalue weighted by molar-refractivity contribution is 0.191. The van der Waals surface area contributed by atoms with Crippen LogP contribution in [0, 0.1) is 0 Å². The number of phosphoric ester groups is 1. The van der Waals surface area contributed by atoms with E-state index >= 15 is 0 Å². The Morgan fingerprint density at radius 2 is 1.37 bits per heavy atom. The lowest BCUT2D eigenvalue weighted by atomic mass is 10.4. The molecule has 1 fully saturated rings. The summed E-state index contributed by atoms with van der Waals surface area (Å²) in [4.78, 5) is 33.2. The molecule has 0 bridgehead atoms. The van der Waals surface area contributed by atoms with Crippen LogP contribution in [0.15, 0.2) is 0 Å². The molecule has 11 nitrogen and oxygen atoms in total. The molecule has 116 valence electrons. The molecule has 0 spiro atoms. The molecule has 1 aliphatic heterocycles. The fourth-order valence-electron chi connectivity index (χ4n) is 0.823. The lowest BCUT2D eigenvalue weighted by Crippen LogP contribution is -1.93. The topological polar surface area (TPSA) is 169 Å². The highest BCUT2D eigenvalue weighted by atomic mass is 31.3. The van der Waals surface area contributed by atoms with E-state index in [-0.39, 0.29) is 0 Å². The van der Waals surface area contributed by atoms with E-state index in [0.29, 0.717) is 7.11 Å². The van der Waals surface area contributed by atoms with Crippen molar-refractivity contribution in [1.29, 1.82) is 0 Å². The van der Waals surface area contributed by atoms with E-state index in [1.54, 1.807) is 0 Å². The Kier molecular flexibility index (Phi) is 8.13. The van der Waals surface area contributed by atoms with Crippen LogP contribution < -0.4 is 0 Å². The van der Waals surface area contributed by atoms with Crippen LogP contribution in [0.5, 0.6) is 0 Å². The van der Waals surface area contributed by atoms with Gasteiger partial charge in [0.25, 0.3) is 0 Å². The highest BCUT2D eigenvalue weighted by Gasteiger charge is 2.39. The monoisotopic (exact) mass is 344 g/mol. The van der Waals surface area contributed by atoms with Crippen molar-refractivity contribution in [3.63, 3.8) is 0 Å². The van der Waals surface area contributed by atoms with Crippen molar-refractivity contribution in [2.45, 2.75) is 12.8 Å². The maximum atomic E-state index is 10.6. The van der Waals surface area contributed by atoms with Gasteiger partial charge >= 0.3 is 23.5 Å². The molecule has 0 radical (unpaired) electrons. The quantitative estimate of drug-likeness (QED) is 0.519. The molecule has 1 rings (SSSR count). The van der Waals surface area contributed by atoms with Gasteiger partial charge in [-0.2, -0.15) is 8.62 Å². The normalized spacial score (nSPS) is 21.9. The van der Waals surface area contributed by atoms with Crippen molar-refractivity contribution in [2.75, 3.05) is 20.3 Å². The molecular formula is C5H15O11P3. The molecule has 2 unspecified atom stereocenters. The number of phosphoric acid groups is 3. The Bertz CT molecular complexity index is 390. The molecule has 2 atom stereocenters. The molecule has 4 N–H and O–H groups in total. The van der Waals surface area contributed by atoms with Gasteiger partial charge in [-0.3, -0.25) is 4.52 Å². The maximum absolute atomic E-state index is 10.6. The van der Waals surface area contributed by atoms with E-state index < -0.39 is 23.5 Å². The van der Waals surface area contributed by atoms with Crippen LogP contribution in [0.1, 0.15) is 12.8 Å². The van der Waals surface area contributed by atoms with E-state index in [1.807, 2.05) is 0 Å². The third-order valence-corrected chi connectivity index (χ3v) is 5.26. The molecule has 14 heteroatoms. The van der Waals surface area contributed by atoms with Gasteiger partial charge in [-0.15, -0.1) is 0 Å². The van der Waals surface area contributed by atoms with Crippen molar-refractivity contribution < 1.29 is 51.2 Å². The Morgan fingerprint density at radius 1 is 0.895 bits per heavy atom. The van der Waals surface area contributed by atoms with Gasteiger partial charge in [0.05, 0.1) is 0 Å². The summed E-state index contributed by atoms with van der Waals surface area (Å²) < 4.78 is 46.5. The first kappa shape index (κ1) is 19.4. The Labute approximate surface area is 108 Å². The van der Waals surface area contributed by atoms with Gasteiger partial charge in [0.15, 0.2) is 0 Å². The van der Waals surface area contributed by atoms with Crippen molar-refractivity contribution in [1.82, 2.24) is 0 Å². The molecule has 0 saturated carbocycles. The minimum atomic E-state index is -5.35. The fourth-order valence-corrected chi connectivity index (χ4v) is 3.60. The van der Waals surface area contributed by atoms with Gasteiger partial charge in [0.2, 0.25) is 0 Å². The second-order valence-electron chi connectivity index (χ2n) is 3.09. The third kappa shape index (κ3) is 11.9. The lowest BCUT2D eigenvalue weighted by Gasteiger charge is -2.14. The molecule has 0 aromatic heterocycles. The zero-order valence-electron chi connectivity index (χ0n) is 9.82. The summed E-state index contributed by atoms with van der Waals surface area (Å²) in [6.45, 7) is 2.00. The van der Waals surface area contributed by atoms with Crippen LogP contribution in [0.3, 0.4) is 0 Å². The van der Waals surface area contributed by atoms with E-state index in [1.165, 1.54) is 12.8 Å².